The molecule has 0 unspecified atom stereocenters. The third-order valence-corrected chi connectivity index (χ3v) is 9.57. The van der Waals surface area contributed by atoms with Gasteiger partial charge in [0, 0.05) is 0 Å². The Kier molecular flexibility index (Phi) is 5.05. The highest BCUT2D eigenvalue weighted by molar-refractivity contribution is 7.04. The van der Waals surface area contributed by atoms with Crippen LogP contribution >= 0.6 is 9.07 Å². The van der Waals surface area contributed by atoms with E-state index in [0.717, 1.165) is 0 Å². The molecule has 0 spiro atoms. The molecule has 0 rings (SSSR count). The van der Waals surface area contributed by atoms with Gasteiger partial charge in [0.15, 0.2) is 0 Å². The molecule has 0 fully saturated rings. The van der Waals surface area contributed by atoms with Crippen molar-refractivity contribution in [2.45, 2.75) is 24.2 Å². The third-order valence-electron chi connectivity index (χ3n) is 1.18. The van der Waals surface area contributed by atoms with Gasteiger partial charge < -0.3 is 9.07 Å². The van der Waals surface area contributed by atoms with Crippen LogP contribution in [0, 0.1) is 11.5 Å². The summed E-state index contributed by atoms with van der Waals surface area (Å²) in [5.41, 5.74) is 3.26. The van der Waals surface area contributed by atoms with Crippen molar-refractivity contribution >= 4 is 36.4 Å². The van der Waals surface area contributed by atoms with Crippen molar-refractivity contribution in [3.05, 3.63) is 0 Å². The van der Waals surface area contributed by atoms with E-state index in [4.69, 9.17) is 9.07 Å². The van der Waals surface area contributed by atoms with Gasteiger partial charge >= 0.3 is 19.3 Å². The Bertz CT molecular complexity index is 134. The lowest BCUT2D eigenvalue weighted by molar-refractivity contribution is 1.72. The maximum absolute atomic E-state index is 5.73. The highest BCUT2D eigenvalue weighted by atomic mass is 35.5. The molecule has 0 aromatic rings. The Morgan fingerprint density at radius 3 is 2.44 bits per heavy atom. The molecule has 0 amide bonds. The highest BCUT2D eigenvalue weighted by Crippen LogP contribution is 2.06. The molecule has 0 aromatic carbocycles. The lowest BCUT2D eigenvalue weighted by atomic mass is 10.8. The van der Waals surface area contributed by atoms with Crippen molar-refractivity contribution in [3.8, 4) is 11.5 Å². The van der Waals surface area contributed by atoms with E-state index in [-0.39, 0.29) is 19.3 Å². The molecule has 0 N–H and O–H groups in total. The summed E-state index contributed by atoms with van der Waals surface area (Å²) in [7, 11) is 4.59. The minimum absolute atomic E-state index is 0.279. The van der Waals surface area contributed by atoms with Gasteiger partial charge in [0.25, 0.3) is 0 Å². The molecule has 0 heterocycles. The van der Waals surface area contributed by atoms with Gasteiger partial charge in [-0.05, 0) is 6.92 Å². The van der Waals surface area contributed by atoms with Crippen LogP contribution in [0.4, 0.5) is 0 Å². The Labute approximate surface area is 71.9 Å². The first-order valence-corrected chi connectivity index (χ1v) is 9.47. The zero-order valence-electron chi connectivity index (χ0n) is 6.29. The van der Waals surface area contributed by atoms with Crippen LogP contribution < -0.4 is 0 Å². The molecule has 3 heteroatoms. The maximum atomic E-state index is 5.73. The largest absolute Gasteiger partial charge is 0.499 e. The Hall–Kier alpha value is 0.833. The summed E-state index contributed by atoms with van der Waals surface area (Å²) in [6, 6.07) is 0. The second-order valence-corrected chi connectivity index (χ2v) is 10.2. The maximum Gasteiger partial charge on any atom is 0.499 e. The summed E-state index contributed by atoms with van der Waals surface area (Å²) in [5.74, 6) is 2.97. The van der Waals surface area contributed by atoms with Gasteiger partial charge in [0.1, 0.15) is 8.07 Å². The molecule has 0 aliphatic rings. The molecular weight excluding hydrogens is 160 g/mol. The molecule has 0 saturated carbocycles. The smallest absolute Gasteiger partial charge is 0.346 e. The average molecular weight is 171 g/mol. The molecule has 0 radical (unpaired) electrons. The molecule has 0 atom stereocenters. The van der Waals surface area contributed by atoms with Crippen LogP contribution in [-0.2, 0) is 0 Å². The van der Waals surface area contributed by atoms with Gasteiger partial charge in [0.2, 0.25) is 0 Å². The molecule has 0 aliphatic heterocycles. The average Bonchev–Trinajstić information content (AvgIpc) is 1.64. The zero-order valence-corrected chi connectivity index (χ0v) is 9.46. The van der Waals surface area contributed by atoms with E-state index in [1.165, 1.54) is 4.17 Å². The summed E-state index contributed by atoms with van der Waals surface area (Å²) < 4.78 is 1.25. The van der Waals surface area contributed by atoms with E-state index in [0.29, 0.717) is 0 Å². The summed E-state index contributed by atoms with van der Waals surface area (Å²) in [6.45, 7) is 6.46. The SMILES string of the molecule is CC#C[Si](C)(C)[CH2][Mg][Cl]. The standard InChI is InChI=1S/C6H11Si.ClH.Mg/c1-5-6-7(2,3)4;;/h2H2,1,3-4H3;1H;/q;;+1/p-1. The number of hydrogen-bond acceptors (Lipinski definition) is 0. The Morgan fingerprint density at radius 1 is 1.56 bits per heavy atom. The third kappa shape index (κ3) is 5.29. The normalized spacial score (nSPS) is 9.33. The van der Waals surface area contributed by atoms with Gasteiger partial charge in [-0.25, -0.2) is 0 Å². The number of rotatable bonds is 2. The van der Waals surface area contributed by atoms with E-state index in [1.807, 2.05) is 6.92 Å². The molecular formula is C6H11ClMgSi. The first kappa shape index (κ1) is 9.83. The minimum atomic E-state index is -1.13. The van der Waals surface area contributed by atoms with Crippen molar-refractivity contribution in [3.63, 3.8) is 0 Å². The summed E-state index contributed by atoms with van der Waals surface area (Å²) in [6.07, 6.45) is 0. The van der Waals surface area contributed by atoms with Crippen LogP contribution in [0.25, 0.3) is 0 Å². The van der Waals surface area contributed by atoms with E-state index < -0.39 is 8.07 Å². The first-order valence-electron chi connectivity index (χ1n) is 3.12. The van der Waals surface area contributed by atoms with E-state index in [2.05, 4.69) is 24.6 Å². The van der Waals surface area contributed by atoms with Crippen LogP contribution in [0.1, 0.15) is 6.92 Å². The minimum Gasteiger partial charge on any atom is -0.346 e. The van der Waals surface area contributed by atoms with E-state index in [1.54, 1.807) is 0 Å². The predicted octanol–water partition coefficient (Wildman–Crippen LogP) is 2.07. The first-order chi connectivity index (χ1) is 4.12. The zero-order chi connectivity index (χ0) is 7.33. The van der Waals surface area contributed by atoms with Gasteiger partial charge in [0.05, 0.1) is 0 Å². The Balaban J connectivity index is 3.80. The fraction of sp³-hybridized carbons (Fsp3) is 0.667. The fourth-order valence-electron chi connectivity index (χ4n) is 0.637. The molecule has 0 bridgehead atoms. The lowest BCUT2D eigenvalue weighted by Crippen LogP contribution is -2.24. The second-order valence-electron chi connectivity index (χ2n) is 2.70. The van der Waals surface area contributed by atoms with Crippen molar-refractivity contribution in [2.24, 2.45) is 0 Å². The molecule has 0 nitrogen and oxygen atoms in total. The summed E-state index contributed by atoms with van der Waals surface area (Å²) >= 11 is -0.279. The molecule has 0 saturated heterocycles. The topological polar surface area (TPSA) is 0 Å². The second kappa shape index (κ2) is 4.62. The highest BCUT2D eigenvalue weighted by Gasteiger charge is 2.16. The summed E-state index contributed by atoms with van der Waals surface area (Å²) in [4.78, 5) is 0. The van der Waals surface area contributed by atoms with Crippen molar-refractivity contribution in [1.29, 1.82) is 0 Å². The number of hydrogen-bond donors (Lipinski definition) is 0. The monoisotopic (exact) mass is 170 g/mol. The van der Waals surface area contributed by atoms with Crippen molar-refractivity contribution in [2.75, 3.05) is 0 Å². The van der Waals surface area contributed by atoms with Crippen LogP contribution in [0.2, 0.25) is 17.3 Å². The lowest BCUT2D eigenvalue weighted by Gasteiger charge is -2.10. The Morgan fingerprint density at radius 2 is 2.11 bits per heavy atom. The van der Waals surface area contributed by atoms with Crippen LogP contribution in [0.15, 0.2) is 0 Å². The summed E-state index contributed by atoms with van der Waals surface area (Å²) in [5, 5.41) is 0. The molecule has 48 valence electrons. The van der Waals surface area contributed by atoms with Crippen LogP contribution in [0.5, 0.6) is 0 Å². The quantitative estimate of drug-likeness (QED) is 0.440. The van der Waals surface area contributed by atoms with Gasteiger partial charge in [-0.1, -0.05) is 13.1 Å². The molecule has 9 heavy (non-hydrogen) atoms. The van der Waals surface area contributed by atoms with Crippen molar-refractivity contribution in [1.82, 2.24) is 0 Å². The van der Waals surface area contributed by atoms with Gasteiger partial charge in [-0.3, -0.25) is 0 Å². The predicted molar refractivity (Wildman–Crippen MR) is 47.3 cm³/mol. The van der Waals surface area contributed by atoms with E-state index in [9.17, 15) is 0 Å². The van der Waals surface area contributed by atoms with Gasteiger partial charge in [-0.2, -0.15) is 0 Å². The van der Waals surface area contributed by atoms with Crippen LogP contribution in [0.3, 0.4) is 0 Å². The molecule has 0 aromatic heterocycles. The fourth-order valence-corrected chi connectivity index (χ4v) is 7.96. The van der Waals surface area contributed by atoms with Crippen molar-refractivity contribution < 1.29 is 0 Å². The molecule has 0 aliphatic carbocycles. The van der Waals surface area contributed by atoms with Crippen LogP contribution in [-0.4, -0.2) is 27.3 Å². The van der Waals surface area contributed by atoms with Gasteiger partial charge in [-0.15, -0.1) is 15.6 Å². The number of halogens is 1. The van der Waals surface area contributed by atoms with E-state index >= 15 is 0 Å².